The van der Waals surface area contributed by atoms with Gasteiger partial charge in [0.05, 0.1) is 26.4 Å². The molecule has 602 valence electrons. The van der Waals surface area contributed by atoms with Crippen LogP contribution in [-0.2, 0) is 65.4 Å². The quantitative estimate of drug-likeness (QED) is 0.0169. The fourth-order valence-electron chi connectivity index (χ4n) is 12.4. The summed E-state index contributed by atoms with van der Waals surface area (Å²) in [6.45, 7) is 4.98. The Morgan fingerprint density at radius 1 is 0.275 bits per heavy atom. The molecule has 0 aliphatic carbocycles. The third kappa shape index (κ3) is 75.8. The SMILES string of the molecule is CCCCC/C=C\C/C=C\CCCCCCCC(=O)OC[C@H](COP(=O)(O)OC[C@H](O)COP(=O)(O)OC[C@@H](COC(=O)CCCCCCCCCCCCCCCCCCC)OC(=O)CCCCCCCCCCCCCCCCCCC)OC(=O)CCCCCCCCCCCCCCC. The summed E-state index contributed by atoms with van der Waals surface area (Å²) in [4.78, 5) is 73.1. The Kier molecular flexibility index (Phi) is 74.9. The van der Waals surface area contributed by atoms with E-state index in [-0.39, 0.29) is 25.7 Å². The number of allylic oxidation sites excluding steroid dienone is 4. The lowest BCUT2D eigenvalue weighted by Crippen LogP contribution is -2.30. The van der Waals surface area contributed by atoms with Gasteiger partial charge < -0.3 is 33.8 Å². The molecule has 5 atom stereocenters. The third-order valence-electron chi connectivity index (χ3n) is 18.9. The number of aliphatic hydroxyl groups is 1. The maximum Gasteiger partial charge on any atom is 0.472 e. The monoisotopic (exact) mass is 1490 g/mol. The minimum atomic E-state index is -4.97. The van der Waals surface area contributed by atoms with Crippen molar-refractivity contribution in [3.8, 4) is 0 Å². The van der Waals surface area contributed by atoms with E-state index in [0.29, 0.717) is 25.7 Å². The maximum atomic E-state index is 13.1. The largest absolute Gasteiger partial charge is 0.472 e. The molecule has 0 aromatic carbocycles. The minimum Gasteiger partial charge on any atom is -0.462 e. The van der Waals surface area contributed by atoms with E-state index >= 15 is 0 Å². The Morgan fingerprint density at radius 2 is 0.480 bits per heavy atom. The molecule has 3 N–H and O–H groups in total. The van der Waals surface area contributed by atoms with E-state index in [0.717, 1.165) is 116 Å². The van der Waals surface area contributed by atoms with Gasteiger partial charge in [0.25, 0.3) is 0 Å². The molecule has 19 heteroatoms. The summed E-state index contributed by atoms with van der Waals surface area (Å²) in [5.41, 5.74) is 0. The van der Waals surface area contributed by atoms with Gasteiger partial charge in [0, 0.05) is 25.7 Å². The van der Waals surface area contributed by atoms with Gasteiger partial charge in [0.1, 0.15) is 19.3 Å². The van der Waals surface area contributed by atoms with Crippen LogP contribution in [0.4, 0.5) is 0 Å². The van der Waals surface area contributed by atoms with Gasteiger partial charge in [-0.05, 0) is 57.8 Å². The van der Waals surface area contributed by atoms with Crippen molar-refractivity contribution >= 4 is 39.5 Å². The predicted octanol–water partition coefficient (Wildman–Crippen LogP) is 24.9. The fraction of sp³-hybridized carbons (Fsp3) is 0.904. The van der Waals surface area contributed by atoms with E-state index in [4.69, 9.17) is 37.0 Å². The highest BCUT2D eigenvalue weighted by molar-refractivity contribution is 7.47. The second-order valence-electron chi connectivity index (χ2n) is 29.2. The zero-order chi connectivity index (χ0) is 74.6. The van der Waals surface area contributed by atoms with Gasteiger partial charge in [0.2, 0.25) is 0 Å². The van der Waals surface area contributed by atoms with Crippen molar-refractivity contribution in [2.45, 2.75) is 444 Å². The van der Waals surface area contributed by atoms with Crippen molar-refractivity contribution in [2.75, 3.05) is 39.6 Å². The molecule has 0 radical (unpaired) electrons. The van der Waals surface area contributed by atoms with Gasteiger partial charge in [-0.25, -0.2) is 9.13 Å². The first-order valence-electron chi connectivity index (χ1n) is 42.6. The summed E-state index contributed by atoms with van der Waals surface area (Å²) in [7, 11) is -9.93. The van der Waals surface area contributed by atoms with Crippen LogP contribution in [0.15, 0.2) is 24.3 Å². The molecule has 0 fully saturated rings. The van der Waals surface area contributed by atoms with Crippen molar-refractivity contribution in [3.63, 3.8) is 0 Å². The number of hydrogen-bond acceptors (Lipinski definition) is 15. The molecule has 0 bridgehead atoms. The van der Waals surface area contributed by atoms with Crippen molar-refractivity contribution in [1.82, 2.24) is 0 Å². The standard InChI is InChI=1S/C83H158O17P2/c1-5-9-13-17-21-25-29-33-36-38-41-45-48-52-56-60-64-68-81(86)94-74-79(100-83(88)70-66-62-58-54-50-46-42-39-37-34-30-26-22-18-14-10-6-2)76-98-102(91,92)96-72-77(84)71-95-101(89,90)97-75-78(99-82(87)69-65-61-57-53-49-43-32-28-24-20-16-12-8-4)73-93-80(85)67-63-59-55-51-47-44-40-35-31-27-23-19-15-11-7-3/h23,27,35,40,77-79,84H,5-22,24-26,28-34,36-39,41-76H2,1-4H3,(H,89,90)(H,91,92)/b27-23-,40-35-/t77-,78+,79+/m0/s1. The molecule has 2 unspecified atom stereocenters. The van der Waals surface area contributed by atoms with Crippen molar-refractivity contribution in [2.24, 2.45) is 0 Å². The number of rotatable bonds is 82. The van der Waals surface area contributed by atoms with Gasteiger partial charge in [-0.15, -0.1) is 0 Å². The number of aliphatic hydroxyl groups excluding tert-OH is 1. The molecular weight excluding hydrogens is 1330 g/mol. The summed E-state index contributed by atoms with van der Waals surface area (Å²) in [5.74, 6) is -2.13. The van der Waals surface area contributed by atoms with Gasteiger partial charge in [0.15, 0.2) is 12.2 Å². The summed E-state index contributed by atoms with van der Waals surface area (Å²) < 4.78 is 68.8. The smallest absolute Gasteiger partial charge is 0.462 e. The highest BCUT2D eigenvalue weighted by Gasteiger charge is 2.30. The van der Waals surface area contributed by atoms with Crippen LogP contribution in [0.3, 0.4) is 0 Å². The molecule has 0 spiro atoms. The molecule has 102 heavy (non-hydrogen) atoms. The van der Waals surface area contributed by atoms with E-state index in [1.165, 1.54) is 231 Å². The zero-order valence-corrected chi connectivity index (χ0v) is 67.9. The van der Waals surface area contributed by atoms with E-state index in [1.54, 1.807) is 0 Å². The van der Waals surface area contributed by atoms with Crippen LogP contribution in [-0.4, -0.2) is 96.7 Å². The Labute approximate surface area is 624 Å². The highest BCUT2D eigenvalue weighted by Crippen LogP contribution is 2.45. The van der Waals surface area contributed by atoms with Crippen LogP contribution in [0.25, 0.3) is 0 Å². The van der Waals surface area contributed by atoms with E-state index in [2.05, 4.69) is 52.0 Å². The first-order valence-corrected chi connectivity index (χ1v) is 45.6. The summed E-state index contributed by atoms with van der Waals surface area (Å²) in [6, 6.07) is 0. The van der Waals surface area contributed by atoms with Crippen LogP contribution in [0.5, 0.6) is 0 Å². The summed E-state index contributed by atoms with van der Waals surface area (Å²) >= 11 is 0. The Morgan fingerprint density at radius 3 is 0.745 bits per heavy atom. The molecule has 0 aromatic heterocycles. The van der Waals surface area contributed by atoms with Crippen LogP contribution in [0.2, 0.25) is 0 Å². The molecule has 17 nitrogen and oxygen atoms in total. The lowest BCUT2D eigenvalue weighted by atomic mass is 10.0. The van der Waals surface area contributed by atoms with Crippen LogP contribution in [0.1, 0.15) is 426 Å². The second-order valence-corrected chi connectivity index (χ2v) is 32.1. The van der Waals surface area contributed by atoms with Gasteiger partial charge in [-0.3, -0.25) is 37.3 Å². The Balaban J connectivity index is 5.29. The fourth-order valence-corrected chi connectivity index (χ4v) is 14.0. The summed E-state index contributed by atoms with van der Waals surface area (Å²) in [5, 5.41) is 10.7. The number of hydrogen-bond donors (Lipinski definition) is 3. The maximum absolute atomic E-state index is 13.1. The number of phosphoric ester groups is 2. The van der Waals surface area contributed by atoms with Crippen molar-refractivity contribution in [1.29, 1.82) is 0 Å². The number of ether oxygens (including phenoxy) is 4. The molecular formula is C83H158O17P2. The Hall–Kier alpha value is -2.46. The second kappa shape index (κ2) is 76.7. The average molecular weight is 1490 g/mol. The topological polar surface area (TPSA) is 237 Å². The number of carbonyl (C=O) groups is 4. The first-order chi connectivity index (χ1) is 49.7. The number of carbonyl (C=O) groups excluding carboxylic acids is 4. The number of esters is 4. The minimum absolute atomic E-state index is 0.102. The van der Waals surface area contributed by atoms with Crippen LogP contribution in [0, 0.1) is 0 Å². The van der Waals surface area contributed by atoms with Crippen LogP contribution < -0.4 is 0 Å². The molecule has 0 amide bonds. The van der Waals surface area contributed by atoms with Crippen molar-refractivity contribution in [3.05, 3.63) is 24.3 Å². The van der Waals surface area contributed by atoms with E-state index < -0.39 is 97.5 Å². The van der Waals surface area contributed by atoms with Crippen LogP contribution >= 0.6 is 15.6 Å². The first kappa shape index (κ1) is 99.5. The normalized spacial score (nSPS) is 13.9. The summed E-state index contributed by atoms with van der Waals surface area (Å²) in [6.07, 6.45) is 72.8. The average Bonchev–Trinajstić information content (AvgIpc) is 0.908. The van der Waals surface area contributed by atoms with Gasteiger partial charge in [-0.1, -0.05) is 367 Å². The third-order valence-corrected chi connectivity index (χ3v) is 20.9. The van der Waals surface area contributed by atoms with Gasteiger partial charge >= 0.3 is 39.5 Å². The number of phosphoric acid groups is 2. The lowest BCUT2D eigenvalue weighted by molar-refractivity contribution is -0.161. The molecule has 0 aromatic rings. The van der Waals surface area contributed by atoms with E-state index in [1.807, 2.05) is 0 Å². The predicted molar refractivity (Wildman–Crippen MR) is 418 cm³/mol. The molecule has 0 heterocycles. The van der Waals surface area contributed by atoms with E-state index in [9.17, 15) is 43.2 Å². The molecule has 0 saturated heterocycles. The molecule has 0 saturated carbocycles. The zero-order valence-electron chi connectivity index (χ0n) is 66.1. The Bertz CT molecular complexity index is 2020. The lowest BCUT2D eigenvalue weighted by Gasteiger charge is -2.21. The molecule has 0 aliphatic heterocycles. The van der Waals surface area contributed by atoms with Gasteiger partial charge in [-0.2, -0.15) is 0 Å². The highest BCUT2D eigenvalue weighted by atomic mass is 31.2. The van der Waals surface area contributed by atoms with Crippen molar-refractivity contribution < 1.29 is 80.2 Å². The molecule has 0 rings (SSSR count). The molecule has 0 aliphatic rings. The number of unbranched alkanes of at least 4 members (excludes halogenated alkanes) is 52.